The summed E-state index contributed by atoms with van der Waals surface area (Å²) in [5.41, 5.74) is 0. The van der Waals surface area contributed by atoms with Gasteiger partial charge in [0.05, 0.1) is 12.7 Å². The summed E-state index contributed by atoms with van der Waals surface area (Å²) in [6.45, 7) is 4.48. The van der Waals surface area contributed by atoms with E-state index in [1.807, 2.05) is 0 Å². The fourth-order valence-electron chi connectivity index (χ4n) is 1.04. The number of hydrogen-bond acceptors (Lipinski definition) is 2. The molecule has 0 radical (unpaired) electrons. The Hall–Kier alpha value is -0.0800. The summed E-state index contributed by atoms with van der Waals surface area (Å²) in [6.07, 6.45) is 1.64. The van der Waals surface area contributed by atoms with Crippen molar-refractivity contribution in [1.29, 1.82) is 0 Å². The van der Waals surface area contributed by atoms with E-state index in [1.165, 1.54) is 0 Å². The average Bonchev–Trinajstić information content (AvgIpc) is 2.64. The minimum absolute atomic E-state index is 0.153. The lowest BCUT2D eigenvalue weighted by molar-refractivity contribution is 0.239. The lowest BCUT2D eigenvalue weighted by atomic mass is 10.0. The Morgan fingerprint density at radius 1 is 1.67 bits per heavy atom. The second-order valence-corrected chi connectivity index (χ2v) is 2.71. The van der Waals surface area contributed by atoms with E-state index in [0.29, 0.717) is 12.0 Å². The molecule has 9 heavy (non-hydrogen) atoms. The normalized spacial score (nSPS) is 36.3. The molecule has 0 aromatic carbocycles. The van der Waals surface area contributed by atoms with Crippen LogP contribution in [0.15, 0.2) is 0 Å². The third kappa shape index (κ3) is 1.43. The van der Waals surface area contributed by atoms with Crippen molar-refractivity contribution in [2.24, 2.45) is 5.92 Å². The first-order valence-electron chi connectivity index (χ1n) is 3.56. The smallest absolute Gasteiger partial charge is 0.107 e. The third-order valence-corrected chi connectivity index (χ3v) is 2.01. The summed E-state index contributed by atoms with van der Waals surface area (Å²) in [6, 6.07) is 0. The second kappa shape index (κ2) is 2.67. The molecule has 0 unspecified atom stereocenters. The van der Waals surface area contributed by atoms with Crippen LogP contribution in [-0.4, -0.2) is 23.9 Å². The molecule has 0 saturated carbocycles. The molecule has 0 aromatic rings. The van der Waals surface area contributed by atoms with Crippen molar-refractivity contribution in [2.75, 3.05) is 6.61 Å². The lowest BCUT2D eigenvalue weighted by Gasteiger charge is -2.00. The van der Waals surface area contributed by atoms with E-state index in [1.54, 1.807) is 0 Å². The van der Waals surface area contributed by atoms with Crippen molar-refractivity contribution in [3.05, 3.63) is 0 Å². The molecule has 0 bridgehead atoms. The third-order valence-electron chi connectivity index (χ3n) is 2.01. The zero-order valence-corrected chi connectivity index (χ0v) is 6.00. The molecule has 3 atom stereocenters. The van der Waals surface area contributed by atoms with E-state index in [-0.39, 0.29) is 12.7 Å². The van der Waals surface area contributed by atoms with Gasteiger partial charge in [0.15, 0.2) is 0 Å². The van der Waals surface area contributed by atoms with Crippen LogP contribution in [0.5, 0.6) is 0 Å². The Bertz CT molecular complexity index is 92.9. The van der Waals surface area contributed by atoms with Crippen LogP contribution in [0.1, 0.15) is 20.3 Å². The first-order chi connectivity index (χ1) is 4.29. The number of epoxide rings is 1. The van der Waals surface area contributed by atoms with Crippen LogP contribution in [0.2, 0.25) is 0 Å². The van der Waals surface area contributed by atoms with Crippen molar-refractivity contribution < 1.29 is 9.84 Å². The summed E-state index contributed by atoms with van der Waals surface area (Å²) in [7, 11) is 0. The molecule has 1 aliphatic heterocycles. The molecular weight excluding hydrogens is 116 g/mol. The highest BCUT2D eigenvalue weighted by atomic mass is 16.6. The van der Waals surface area contributed by atoms with Crippen molar-refractivity contribution in [2.45, 2.75) is 32.5 Å². The maximum Gasteiger partial charge on any atom is 0.107 e. The summed E-state index contributed by atoms with van der Waals surface area (Å²) in [5, 5.41) is 8.60. The molecule has 0 aromatic heterocycles. The largest absolute Gasteiger partial charge is 0.394 e. The first kappa shape index (κ1) is 7.03. The predicted molar refractivity (Wildman–Crippen MR) is 35.2 cm³/mol. The molecule has 2 heteroatoms. The highest BCUT2D eigenvalue weighted by molar-refractivity contribution is 4.87. The molecule has 0 amide bonds. The number of rotatable bonds is 3. The molecule has 54 valence electrons. The summed E-state index contributed by atoms with van der Waals surface area (Å²) >= 11 is 0. The molecule has 1 fully saturated rings. The summed E-state index contributed by atoms with van der Waals surface area (Å²) in [4.78, 5) is 0. The van der Waals surface area contributed by atoms with E-state index >= 15 is 0 Å². The molecule has 1 aliphatic rings. The second-order valence-electron chi connectivity index (χ2n) is 2.71. The molecule has 1 heterocycles. The van der Waals surface area contributed by atoms with Crippen LogP contribution in [0.3, 0.4) is 0 Å². The van der Waals surface area contributed by atoms with Crippen LogP contribution < -0.4 is 0 Å². The van der Waals surface area contributed by atoms with Gasteiger partial charge in [-0.3, -0.25) is 0 Å². The van der Waals surface area contributed by atoms with E-state index in [0.717, 1.165) is 6.42 Å². The zero-order valence-electron chi connectivity index (χ0n) is 6.00. The van der Waals surface area contributed by atoms with Crippen molar-refractivity contribution in [3.8, 4) is 0 Å². The summed E-state index contributed by atoms with van der Waals surface area (Å²) < 4.78 is 5.17. The van der Waals surface area contributed by atoms with Crippen LogP contribution in [0, 0.1) is 5.92 Å². The van der Waals surface area contributed by atoms with Crippen molar-refractivity contribution in [3.63, 3.8) is 0 Å². The Kier molecular flexibility index (Phi) is 2.09. The number of aliphatic hydroxyl groups is 1. The van der Waals surface area contributed by atoms with Gasteiger partial charge in [0.1, 0.15) is 6.10 Å². The lowest BCUT2D eigenvalue weighted by Crippen LogP contribution is -2.07. The topological polar surface area (TPSA) is 32.8 Å². The standard InChI is InChI=1S/C7H14O2/c1-3-5(2)7-6(4-8)9-7/h5-8H,3-4H2,1-2H3/t5-,6-,7-/m0/s1. The molecule has 0 aliphatic carbocycles. The number of hydrogen-bond donors (Lipinski definition) is 1. The van der Waals surface area contributed by atoms with Gasteiger partial charge in [-0.1, -0.05) is 20.3 Å². The Balaban J connectivity index is 2.17. The quantitative estimate of drug-likeness (QED) is 0.573. The average molecular weight is 130 g/mol. The fraction of sp³-hybridized carbons (Fsp3) is 1.00. The number of ether oxygens (including phenoxy) is 1. The minimum atomic E-state index is 0.153. The predicted octanol–water partition coefficient (Wildman–Crippen LogP) is 0.792. The maximum atomic E-state index is 8.60. The monoisotopic (exact) mass is 130 g/mol. The van der Waals surface area contributed by atoms with Gasteiger partial charge in [0, 0.05) is 0 Å². The van der Waals surface area contributed by atoms with Gasteiger partial charge in [-0.15, -0.1) is 0 Å². The molecule has 0 spiro atoms. The van der Waals surface area contributed by atoms with Crippen molar-refractivity contribution in [1.82, 2.24) is 0 Å². The van der Waals surface area contributed by atoms with Gasteiger partial charge in [0.25, 0.3) is 0 Å². The molecule has 2 nitrogen and oxygen atoms in total. The molecular formula is C7H14O2. The highest BCUT2D eigenvalue weighted by Crippen LogP contribution is 2.30. The number of aliphatic hydroxyl groups excluding tert-OH is 1. The SMILES string of the molecule is CC[C@H](C)[C@@H]1O[C@H]1CO. The van der Waals surface area contributed by atoms with Gasteiger partial charge in [-0.2, -0.15) is 0 Å². The maximum absolute atomic E-state index is 8.60. The molecule has 1 saturated heterocycles. The highest BCUT2D eigenvalue weighted by Gasteiger charge is 2.41. The van der Waals surface area contributed by atoms with Gasteiger partial charge in [-0.25, -0.2) is 0 Å². The fourth-order valence-corrected chi connectivity index (χ4v) is 1.04. The zero-order chi connectivity index (χ0) is 6.85. The van der Waals surface area contributed by atoms with Crippen LogP contribution in [-0.2, 0) is 4.74 Å². The van der Waals surface area contributed by atoms with Crippen LogP contribution >= 0.6 is 0 Å². The van der Waals surface area contributed by atoms with E-state index in [4.69, 9.17) is 9.84 Å². The first-order valence-corrected chi connectivity index (χ1v) is 3.56. The van der Waals surface area contributed by atoms with Crippen LogP contribution in [0.25, 0.3) is 0 Å². The summed E-state index contributed by atoms with van der Waals surface area (Å²) in [5.74, 6) is 0.613. The van der Waals surface area contributed by atoms with E-state index in [9.17, 15) is 0 Å². The Morgan fingerprint density at radius 3 is 2.67 bits per heavy atom. The van der Waals surface area contributed by atoms with E-state index in [2.05, 4.69) is 13.8 Å². The Labute approximate surface area is 55.8 Å². The van der Waals surface area contributed by atoms with E-state index < -0.39 is 0 Å². The molecule has 1 N–H and O–H groups in total. The van der Waals surface area contributed by atoms with Gasteiger partial charge in [0.2, 0.25) is 0 Å². The van der Waals surface area contributed by atoms with Gasteiger partial charge >= 0.3 is 0 Å². The van der Waals surface area contributed by atoms with Gasteiger partial charge < -0.3 is 9.84 Å². The minimum Gasteiger partial charge on any atom is -0.394 e. The van der Waals surface area contributed by atoms with Crippen molar-refractivity contribution >= 4 is 0 Å². The van der Waals surface area contributed by atoms with Crippen LogP contribution in [0.4, 0.5) is 0 Å². The van der Waals surface area contributed by atoms with Gasteiger partial charge in [-0.05, 0) is 5.92 Å². The Morgan fingerprint density at radius 2 is 2.33 bits per heavy atom. The molecule has 1 rings (SSSR count).